The second-order valence-electron chi connectivity index (χ2n) is 10.2. The van der Waals surface area contributed by atoms with E-state index in [2.05, 4.69) is 33.2 Å². The van der Waals surface area contributed by atoms with E-state index in [9.17, 15) is 9.18 Å². The standard InChI is InChI=1S/C27H30FN5O2/c1-27(2,3)35-26(34)32-13-11-18(12-14-32)23-16-33(21-8-6-20(28)7-9-21)25-10-5-19(15-22(23)25)24-17-31(4)30-29-24/h5-10,15-18H,11-14H2,1-4H3. The van der Waals surface area contributed by atoms with E-state index in [-0.39, 0.29) is 17.8 Å². The first-order valence-electron chi connectivity index (χ1n) is 11.9. The van der Waals surface area contributed by atoms with Gasteiger partial charge in [-0.25, -0.2) is 9.18 Å². The summed E-state index contributed by atoms with van der Waals surface area (Å²) in [6.45, 7) is 6.95. The number of aromatic nitrogens is 4. The van der Waals surface area contributed by atoms with Gasteiger partial charge in [0.1, 0.15) is 17.1 Å². The third-order valence-corrected chi connectivity index (χ3v) is 6.42. The van der Waals surface area contributed by atoms with Crippen LogP contribution in [0.25, 0.3) is 27.8 Å². The monoisotopic (exact) mass is 475 g/mol. The molecule has 3 heterocycles. The molecule has 0 atom stereocenters. The van der Waals surface area contributed by atoms with Crippen LogP contribution in [0.1, 0.15) is 45.1 Å². The van der Waals surface area contributed by atoms with Gasteiger partial charge >= 0.3 is 6.09 Å². The number of benzene rings is 2. The molecule has 5 rings (SSSR count). The number of fused-ring (bicyclic) bond motifs is 1. The number of carbonyl (C=O) groups is 1. The van der Waals surface area contributed by atoms with E-state index in [1.54, 1.807) is 21.7 Å². The van der Waals surface area contributed by atoms with Crippen molar-refractivity contribution in [3.63, 3.8) is 0 Å². The van der Waals surface area contributed by atoms with Gasteiger partial charge in [0.15, 0.2) is 0 Å². The van der Waals surface area contributed by atoms with Crippen molar-refractivity contribution >= 4 is 17.0 Å². The van der Waals surface area contributed by atoms with Crippen LogP contribution < -0.4 is 0 Å². The fourth-order valence-electron chi connectivity index (χ4n) is 4.73. The molecule has 1 fully saturated rings. The lowest BCUT2D eigenvalue weighted by atomic mass is 9.89. The minimum Gasteiger partial charge on any atom is -0.444 e. The maximum atomic E-state index is 13.6. The Bertz CT molecular complexity index is 1360. The summed E-state index contributed by atoms with van der Waals surface area (Å²) in [6.07, 6.45) is 5.49. The van der Waals surface area contributed by atoms with E-state index >= 15 is 0 Å². The fraction of sp³-hybridized carbons (Fsp3) is 0.370. The Hall–Kier alpha value is -3.68. The third-order valence-electron chi connectivity index (χ3n) is 6.42. The number of likely N-dealkylation sites (tertiary alicyclic amines) is 1. The SMILES string of the molecule is Cn1cc(-c2ccc3c(c2)c(C2CCN(C(=O)OC(C)(C)C)CC2)cn3-c2ccc(F)cc2)nn1. The molecule has 35 heavy (non-hydrogen) atoms. The molecule has 1 aliphatic rings. The zero-order chi connectivity index (χ0) is 24.7. The summed E-state index contributed by atoms with van der Waals surface area (Å²) >= 11 is 0. The van der Waals surface area contributed by atoms with Crippen LogP contribution in [0.3, 0.4) is 0 Å². The zero-order valence-electron chi connectivity index (χ0n) is 20.5. The first kappa shape index (κ1) is 23.1. The van der Waals surface area contributed by atoms with Crippen LogP contribution in [-0.2, 0) is 11.8 Å². The molecule has 4 aromatic rings. The maximum absolute atomic E-state index is 13.6. The minimum atomic E-state index is -0.507. The summed E-state index contributed by atoms with van der Waals surface area (Å²) < 4.78 is 23.0. The number of amides is 1. The zero-order valence-corrected chi connectivity index (χ0v) is 20.5. The highest BCUT2D eigenvalue weighted by molar-refractivity contribution is 5.90. The Balaban J connectivity index is 1.50. The lowest BCUT2D eigenvalue weighted by Gasteiger charge is -2.33. The first-order valence-corrected chi connectivity index (χ1v) is 11.9. The van der Waals surface area contributed by atoms with Gasteiger partial charge in [-0.3, -0.25) is 4.68 Å². The number of hydrogen-bond donors (Lipinski definition) is 0. The van der Waals surface area contributed by atoms with Gasteiger partial charge in [-0.15, -0.1) is 5.10 Å². The third kappa shape index (κ3) is 4.78. The minimum absolute atomic E-state index is 0.255. The number of hydrogen-bond acceptors (Lipinski definition) is 4. The number of piperidine rings is 1. The highest BCUT2D eigenvalue weighted by Gasteiger charge is 2.29. The van der Waals surface area contributed by atoms with E-state index in [1.165, 1.54) is 17.7 Å². The van der Waals surface area contributed by atoms with Gasteiger partial charge in [0, 0.05) is 43.0 Å². The van der Waals surface area contributed by atoms with Crippen LogP contribution in [0.15, 0.2) is 54.9 Å². The van der Waals surface area contributed by atoms with Gasteiger partial charge in [0.05, 0.1) is 11.7 Å². The molecule has 2 aromatic carbocycles. The molecule has 0 radical (unpaired) electrons. The largest absolute Gasteiger partial charge is 0.444 e. The van der Waals surface area contributed by atoms with Crippen LogP contribution >= 0.6 is 0 Å². The molecule has 182 valence electrons. The molecular formula is C27H30FN5O2. The van der Waals surface area contributed by atoms with Gasteiger partial charge in [0.2, 0.25) is 0 Å². The van der Waals surface area contributed by atoms with Gasteiger partial charge in [0.25, 0.3) is 0 Å². The molecule has 0 spiro atoms. The molecule has 8 heteroatoms. The van der Waals surface area contributed by atoms with Crippen molar-refractivity contribution in [1.82, 2.24) is 24.5 Å². The Labute approximate surface area is 204 Å². The summed E-state index contributed by atoms with van der Waals surface area (Å²) in [7, 11) is 1.85. The molecule has 1 saturated heterocycles. The van der Waals surface area contributed by atoms with E-state index in [0.29, 0.717) is 13.1 Å². The molecular weight excluding hydrogens is 445 g/mol. The lowest BCUT2D eigenvalue weighted by Crippen LogP contribution is -2.41. The number of halogens is 1. The summed E-state index contributed by atoms with van der Waals surface area (Å²) in [5, 5.41) is 9.48. The topological polar surface area (TPSA) is 65.2 Å². The predicted octanol–water partition coefficient (Wildman–Crippen LogP) is 5.68. The molecule has 2 aromatic heterocycles. The molecule has 0 bridgehead atoms. The Morgan fingerprint density at radius 3 is 2.40 bits per heavy atom. The number of aryl methyl sites for hydroxylation is 1. The van der Waals surface area contributed by atoms with Gasteiger partial charge < -0.3 is 14.2 Å². The van der Waals surface area contributed by atoms with Crippen molar-refractivity contribution in [3.05, 3.63) is 66.2 Å². The summed E-state index contributed by atoms with van der Waals surface area (Å²) in [6, 6.07) is 12.8. The van der Waals surface area contributed by atoms with Crippen molar-refractivity contribution < 1.29 is 13.9 Å². The normalized spacial score (nSPS) is 15.1. The average Bonchev–Trinajstić information content (AvgIpc) is 3.42. The van der Waals surface area contributed by atoms with Crippen molar-refractivity contribution in [2.75, 3.05) is 13.1 Å². The van der Waals surface area contributed by atoms with Crippen molar-refractivity contribution in [2.24, 2.45) is 7.05 Å². The second kappa shape index (κ2) is 8.83. The van der Waals surface area contributed by atoms with Crippen molar-refractivity contribution in [1.29, 1.82) is 0 Å². The predicted molar refractivity (Wildman–Crippen MR) is 133 cm³/mol. The smallest absolute Gasteiger partial charge is 0.410 e. The average molecular weight is 476 g/mol. The van der Waals surface area contributed by atoms with Gasteiger partial charge in [-0.1, -0.05) is 11.3 Å². The van der Waals surface area contributed by atoms with E-state index in [4.69, 9.17) is 4.74 Å². The maximum Gasteiger partial charge on any atom is 0.410 e. The molecule has 0 unspecified atom stereocenters. The van der Waals surface area contributed by atoms with Crippen LogP contribution in [0.5, 0.6) is 0 Å². The van der Waals surface area contributed by atoms with Crippen LogP contribution in [-0.4, -0.2) is 49.2 Å². The van der Waals surface area contributed by atoms with Crippen LogP contribution in [0, 0.1) is 5.82 Å². The van der Waals surface area contributed by atoms with Crippen LogP contribution in [0.2, 0.25) is 0 Å². The Morgan fingerprint density at radius 1 is 1.06 bits per heavy atom. The summed E-state index contributed by atoms with van der Waals surface area (Å²) in [5.41, 5.74) is 4.48. The van der Waals surface area contributed by atoms with E-state index < -0.39 is 5.60 Å². The highest BCUT2D eigenvalue weighted by atomic mass is 19.1. The first-order chi connectivity index (χ1) is 16.7. The fourth-order valence-corrected chi connectivity index (χ4v) is 4.73. The Morgan fingerprint density at radius 2 is 1.77 bits per heavy atom. The second-order valence-corrected chi connectivity index (χ2v) is 10.2. The quantitative estimate of drug-likeness (QED) is 0.382. The molecule has 1 aliphatic heterocycles. The molecule has 0 saturated carbocycles. The molecule has 0 aliphatic carbocycles. The number of nitrogens with zero attached hydrogens (tertiary/aromatic N) is 5. The van der Waals surface area contributed by atoms with Gasteiger partial charge in [-0.2, -0.15) is 0 Å². The number of rotatable bonds is 3. The van der Waals surface area contributed by atoms with Crippen molar-refractivity contribution in [3.8, 4) is 16.9 Å². The highest BCUT2D eigenvalue weighted by Crippen LogP contribution is 2.37. The summed E-state index contributed by atoms with van der Waals surface area (Å²) in [4.78, 5) is 14.3. The van der Waals surface area contributed by atoms with E-state index in [1.807, 2.05) is 40.1 Å². The molecule has 7 nitrogen and oxygen atoms in total. The Kier molecular flexibility index (Phi) is 5.83. The molecule has 1 amide bonds. The summed E-state index contributed by atoms with van der Waals surface area (Å²) in [5.74, 6) is 0.0277. The number of carbonyl (C=O) groups excluding carboxylic acids is 1. The number of ether oxygens (including phenoxy) is 1. The molecule has 0 N–H and O–H groups in total. The van der Waals surface area contributed by atoms with Crippen molar-refractivity contribution in [2.45, 2.75) is 45.1 Å². The van der Waals surface area contributed by atoms with Crippen LogP contribution in [0.4, 0.5) is 9.18 Å². The lowest BCUT2D eigenvalue weighted by molar-refractivity contribution is 0.0205. The van der Waals surface area contributed by atoms with Gasteiger partial charge in [-0.05, 0) is 81.5 Å². The van der Waals surface area contributed by atoms with E-state index in [0.717, 1.165) is 40.7 Å².